The zero-order chi connectivity index (χ0) is 18.2. The number of hydrogen-bond acceptors (Lipinski definition) is 2. The molecule has 1 saturated heterocycles. The van der Waals surface area contributed by atoms with Crippen LogP contribution in [0.5, 0.6) is 0 Å². The molecule has 0 spiro atoms. The highest BCUT2D eigenvalue weighted by Crippen LogP contribution is 2.11. The summed E-state index contributed by atoms with van der Waals surface area (Å²) in [6, 6.07) is 17.0. The fraction of sp³-hybridized carbons (Fsp3) is 0.350. The van der Waals surface area contributed by atoms with Gasteiger partial charge in [0, 0.05) is 6.54 Å². The van der Waals surface area contributed by atoms with Gasteiger partial charge in [0.05, 0.1) is 13.2 Å². The third-order valence-electron chi connectivity index (χ3n) is 4.57. The Morgan fingerprint density at radius 1 is 1.08 bits per heavy atom. The largest absolute Gasteiger partial charge is 0.370 e. The first kappa shape index (κ1) is 18.8. The predicted molar refractivity (Wildman–Crippen MR) is 105 cm³/mol. The first-order valence-corrected chi connectivity index (χ1v) is 9.36. The van der Waals surface area contributed by atoms with Crippen molar-refractivity contribution in [3.63, 3.8) is 0 Å². The maximum absolute atomic E-state index is 13.0. The molecule has 1 heterocycles. The van der Waals surface area contributed by atoms with Crippen LogP contribution in [0.15, 0.2) is 54.6 Å². The minimum absolute atomic E-state index is 0.137. The Bertz CT molecular complexity index is 690. The molecule has 4 nitrogen and oxygen atoms in total. The van der Waals surface area contributed by atoms with Crippen molar-refractivity contribution in [2.75, 3.05) is 32.8 Å². The fourth-order valence-corrected chi connectivity index (χ4v) is 3.30. The molecular weight excluding hydrogens is 349 g/mol. The van der Waals surface area contributed by atoms with Gasteiger partial charge in [-0.3, -0.25) is 0 Å². The van der Waals surface area contributed by atoms with Crippen molar-refractivity contribution in [2.24, 2.45) is 0 Å². The molecule has 6 heteroatoms. The first-order chi connectivity index (χ1) is 12.7. The van der Waals surface area contributed by atoms with Crippen LogP contribution in [0.2, 0.25) is 0 Å². The predicted octanol–water partition coefficient (Wildman–Crippen LogP) is 1.45. The summed E-state index contributed by atoms with van der Waals surface area (Å²) in [6.45, 7) is 5.17. The van der Waals surface area contributed by atoms with E-state index in [1.807, 2.05) is 18.2 Å². The lowest BCUT2D eigenvalue weighted by Crippen LogP contribution is -3.14. The van der Waals surface area contributed by atoms with Crippen LogP contribution in [0.1, 0.15) is 17.2 Å². The zero-order valence-electron chi connectivity index (χ0n) is 14.7. The Balaban J connectivity index is 1.58. The average Bonchev–Trinajstić information content (AvgIpc) is 2.68. The Kier molecular flexibility index (Phi) is 6.94. The van der Waals surface area contributed by atoms with Gasteiger partial charge in [0.1, 0.15) is 31.5 Å². The van der Waals surface area contributed by atoms with Crippen LogP contribution >= 0.6 is 12.2 Å². The lowest BCUT2D eigenvalue weighted by molar-refractivity contribution is -0.909. The van der Waals surface area contributed by atoms with Gasteiger partial charge < -0.3 is 20.3 Å². The van der Waals surface area contributed by atoms with Crippen LogP contribution in [-0.4, -0.2) is 38.0 Å². The number of rotatable bonds is 6. The van der Waals surface area contributed by atoms with Gasteiger partial charge in [0.25, 0.3) is 0 Å². The molecule has 3 rings (SSSR count). The number of morpholine rings is 1. The van der Waals surface area contributed by atoms with Crippen molar-refractivity contribution in [1.29, 1.82) is 0 Å². The lowest BCUT2D eigenvalue weighted by atomic mass is 10.1. The van der Waals surface area contributed by atoms with Crippen LogP contribution in [0.4, 0.5) is 4.39 Å². The van der Waals surface area contributed by atoms with Gasteiger partial charge in [0.15, 0.2) is 5.11 Å². The van der Waals surface area contributed by atoms with Crippen LogP contribution < -0.4 is 15.5 Å². The second-order valence-electron chi connectivity index (χ2n) is 6.48. The number of thiocarbonyl (C=S) groups is 1. The molecule has 1 atom stereocenters. The number of hydrogen-bond donors (Lipinski definition) is 3. The standard InChI is InChI=1S/C20H24FN3OS/c21-18-8-6-16(7-9-18)14-22-20(26)23-19(17-4-2-1-3-5-17)15-24-10-12-25-13-11-24/h1-9,19H,10-15H2,(H2,22,23,26)/p+1/t19-/m1/s1. The maximum Gasteiger partial charge on any atom is 0.167 e. The van der Waals surface area contributed by atoms with Gasteiger partial charge >= 0.3 is 0 Å². The summed E-state index contributed by atoms with van der Waals surface area (Å²) in [4.78, 5) is 1.51. The molecule has 1 fully saturated rings. The molecule has 0 saturated carbocycles. The van der Waals surface area contributed by atoms with Crippen molar-refractivity contribution < 1.29 is 14.0 Å². The van der Waals surface area contributed by atoms with E-state index in [4.69, 9.17) is 17.0 Å². The van der Waals surface area contributed by atoms with Crippen LogP contribution in [-0.2, 0) is 11.3 Å². The maximum atomic E-state index is 13.0. The second kappa shape index (κ2) is 9.62. The van der Waals surface area contributed by atoms with Gasteiger partial charge in [0.2, 0.25) is 0 Å². The van der Waals surface area contributed by atoms with Crippen molar-refractivity contribution in [1.82, 2.24) is 10.6 Å². The number of nitrogens with one attached hydrogen (secondary N) is 3. The van der Waals surface area contributed by atoms with E-state index < -0.39 is 0 Å². The van der Waals surface area contributed by atoms with E-state index in [2.05, 4.69) is 22.8 Å². The van der Waals surface area contributed by atoms with Gasteiger partial charge in [-0.15, -0.1) is 0 Å². The van der Waals surface area contributed by atoms with E-state index in [0.29, 0.717) is 11.7 Å². The highest BCUT2D eigenvalue weighted by molar-refractivity contribution is 7.80. The Morgan fingerprint density at radius 2 is 1.77 bits per heavy atom. The van der Waals surface area contributed by atoms with E-state index in [1.54, 1.807) is 12.1 Å². The molecule has 1 aliphatic heterocycles. The monoisotopic (exact) mass is 374 g/mol. The summed E-state index contributed by atoms with van der Waals surface area (Å²) < 4.78 is 18.5. The summed E-state index contributed by atoms with van der Waals surface area (Å²) in [6.07, 6.45) is 0. The number of quaternary nitrogens is 1. The molecule has 0 aliphatic carbocycles. The average molecular weight is 375 g/mol. The molecule has 2 aromatic carbocycles. The lowest BCUT2D eigenvalue weighted by Gasteiger charge is -2.29. The van der Waals surface area contributed by atoms with Crippen molar-refractivity contribution in [2.45, 2.75) is 12.6 Å². The van der Waals surface area contributed by atoms with E-state index in [-0.39, 0.29) is 11.9 Å². The second-order valence-corrected chi connectivity index (χ2v) is 6.89. The van der Waals surface area contributed by atoms with E-state index >= 15 is 0 Å². The quantitative estimate of drug-likeness (QED) is 0.669. The Morgan fingerprint density at radius 3 is 2.46 bits per heavy atom. The van der Waals surface area contributed by atoms with Crippen LogP contribution in [0.3, 0.4) is 0 Å². The number of halogens is 1. The van der Waals surface area contributed by atoms with Crippen LogP contribution in [0, 0.1) is 5.82 Å². The summed E-state index contributed by atoms with van der Waals surface area (Å²) >= 11 is 5.49. The van der Waals surface area contributed by atoms with Crippen molar-refractivity contribution >= 4 is 17.3 Å². The molecule has 0 radical (unpaired) electrons. The van der Waals surface area contributed by atoms with E-state index in [1.165, 1.54) is 22.6 Å². The highest BCUT2D eigenvalue weighted by Gasteiger charge is 2.21. The van der Waals surface area contributed by atoms with Gasteiger partial charge in [-0.1, -0.05) is 42.5 Å². The Labute approximate surface area is 159 Å². The smallest absolute Gasteiger partial charge is 0.167 e. The molecule has 0 bridgehead atoms. The zero-order valence-corrected chi connectivity index (χ0v) is 15.5. The van der Waals surface area contributed by atoms with Gasteiger partial charge in [-0.05, 0) is 35.5 Å². The molecule has 26 heavy (non-hydrogen) atoms. The number of benzene rings is 2. The van der Waals surface area contributed by atoms with Crippen molar-refractivity contribution in [3.05, 3.63) is 71.5 Å². The summed E-state index contributed by atoms with van der Waals surface area (Å²) in [7, 11) is 0. The first-order valence-electron chi connectivity index (χ1n) is 8.96. The van der Waals surface area contributed by atoms with Gasteiger partial charge in [-0.2, -0.15) is 0 Å². The third kappa shape index (κ3) is 5.76. The van der Waals surface area contributed by atoms with Crippen LogP contribution in [0.25, 0.3) is 0 Å². The normalized spacial score (nSPS) is 16.0. The molecule has 0 amide bonds. The summed E-state index contributed by atoms with van der Waals surface area (Å²) in [5.74, 6) is -0.230. The topological polar surface area (TPSA) is 37.7 Å². The molecule has 0 aromatic heterocycles. The molecule has 1 aliphatic rings. The molecular formula is C20H25FN3OS+. The minimum Gasteiger partial charge on any atom is -0.370 e. The molecule has 138 valence electrons. The summed E-state index contributed by atoms with van der Waals surface area (Å²) in [5, 5.41) is 7.27. The molecule has 0 unspecified atom stereocenters. The summed E-state index contributed by atoms with van der Waals surface area (Å²) in [5.41, 5.74) is 2.21. The van der Waals surface area contributed by atoms with Crippen molar-refractivity contribution in [3.8, 4) is 0 Å². The highest BCUT2D eigenvalue weighted by atomic mass is 32.1. The Hall–Kier alpha value is -2.02. The fourth-order valence-electron chi connectivity index (χ4n) is 3.08. The SMILES string of the molecule is Fc1ccc(CNC(=S)N[C@H](C[NH+]2CCOCC2)c2ccccc2)cc1. The van der Waals surface area contributed by atoms with E-state index in [9.17, 15) is 4.39 Å². The molecule has 3 N–H and O–H groups in total. The minimum atomic E-state index is -0.230. The van der Waals surface area contributed by atoms with Gasteiger partial charge in [-0.25, -0.2) is 4.39 Å². The molecule has 2 aromatic rings. The number of ether oxygens (including phenoxy) is 1. The third-order valence-corrected chi connectivity index (χ3v) is 4.83. The van der Waals surface area contributed by atoms with E-state index in [0.717, 1.165) is 38.4 Å².